The number of hydrogen-bond acceptors (Lipinski definition) is 4. The second-order valence-electron chi connectivity index (χ2n) is 9.24. The Bertz CT molecular complexity index is 1160. The molecule has 0 aromatic heterocycles. The summed E-state index contributed by atoms with van der Waals surface area (Å²) in [4.78, 5) is 27.8. The van der Waals surface area contributed by atoms with Gasteiger partial charge in [-0.15, -0.1) is 0 Å². The molecular formula is C24H31Cl2N3O4S. The molecule has 0 bridgehead atoms. The second-order valence-corrected chi connectivity index (χ2v) is 12.0. The van der Waals surface area contributed by atoms with Gasteiger partial charge in [-0.3, -0.25) is 13.9 Å². The van der Waals surface area contributed by atoms with Crippen LogP contribution in [0.25, 0.3) is 0 Å². The minimum absolute atomic E-state index is 0.0415. The maximum Gasteiger partial charge on any atom is 0.244 e. The van der Waals surface area contributed by atoms with Crippen molar-refractivity contribution in [1.82, 2.24) is 10.2 Å². The van der Waals surface area contributed by atoms with Crippen LogP contribution < -0.4 is 9.62 Å². The van der Waals surface area contributed by atoms with Gasteiger partial charge in [-0.1, -0.05) is 47.5 Å². The van der Waals surface area contributed by atoms with E-state index in [0.29, 0.717) is 26.9 Å². The van der Waals surface area contributed by atoms with E-state index in [1.54, 1.807) is 56.3 Å². The van der Waals surface area contributed by atoms with Crippen LogP contribution in [0.4, 0.5) is 5.69 Å². The number of sulfonamides is 1. The first-order valence-electron chi connectivity index (χ1n) is 10.7. The zero-order valence-electron chi connectivity index (χ0n) is 20.2. The number of benzene rings is 2. The lowest BCUT2D eigenvalue weighted by molar-refractivity contribution is -0.140. The number of nitrogens with zero attached hydrogens (tertiary/aromatic N) is 2. The van der Waals surface area contributed by atoms with Crippen LogP contribution >= 0.6 is 23.2 Å². The first-order valence-corrected chi connectivity index (χ1v) is 13.3. The molecule has 7 nitrogen and oxygen atoms in total. The molecule has 0 heterocycles. The Morgan fingerprint density at radius 3 is 2.21 bits per heavy atom. The Kier molecular flexibility index (Phi) is 9.02. The highest BCUT2D eigenvalue weighted by Gasteiger charge is 2.31. The zero-order valence-corrected chi connectivity index (χ0v) is 22.6. The molecule has 2 rings (SSSR count). The smallest absolute Gasteiger partial charge is 0.244 e. The summed E-state index contributed by atoms with van der Waals surface area (Å²) in [6.07, 6.45) is 1.05. The minimum atomic E-state index is -3.78. The highest BCUT2D eigenvalue weighted by Crippen LogP contribution is 2.25. The summed E-state index contributed by atoms with van der Waals surface area (Å²) in [6.45, 7) is 8.48. The van der Waals surface area contributed by atoms with Gasteiger partial charge in [-0.25, -0.2) is 8.42 Å². The van der Waals surface area contributed by atoms with Crippen LogP contribution in [-0.4, -0.2) is 49.5 Å². The van der Waals surface area contributed by atoms with E-state index in [0.717, 1.165) is 10.6 Å². The Hall–Kier alpha value is -2.29. The fourth-order valence-electron chi connectivity index (χ4n) is 3.33. The van der Waals surface area contributed by atoms with E-state index in [-0.39, 0.29) is 12.5 Å². The first-order chi connectivity index (χ1) is 15.6. The van der Waals surface area contributed by atoms with E-state index < -0.39 is 34.1 Å². The van der Waals surface area contributed by atoms with E-state index in [2.05, 4.69) is 5.32 Å². The predicted molar refractivity (Wildman–Crippen MR) is 138 cm³/mol. The monoisotopic (exact) mass is 527 g/mol. The van der Waals surface area contributed by atoms with Gasteiger partial charge < -0.3 is 10.2 Å². The van der Waals surface area contributed by atoms with Gasteiger partial charge in [-0.05, 0) is 63.9 Å². The molecule has 0 fully saturated rings. The molecule has 0 spiro atoms. The molecule has 10 heteroatoms. The van der Waals surface area contributed by atoms with Gasteiger partial charge in [0.25, 0.3) is 0 Å². The Balaban J connectivity index is 2.44. The van der Waals surface area contributed by atoms with Crippen molar-refractivity contribution < 1.29 is 18.0 Å². The lowest BCUT2D eigenvalue weighted by atomic mass is 10.1. The molecule has 0 unspecified atom stereocenters. The Morgan fingerprint density at radius 1 is 1.06 bits per heavy atom. The number of carbonyl (C=O) groups excluding carboxylic acids is 2. The SMILES string of the molecule is Cc1ccccc1N(CC(=O)N(Cc1ccc(Cl)c(Cl)c1)[C@@H](C)C(=O)NC(C)(C)C)S(C)(=O)=O. The van der Waals surface area contributed by atoms with Crippen LogP contribution in [0.5, 0.6) is 0 Å². The van der Waals surface area contributed by atoms with Crippen molar-refractivity contribution in [1.29, 1.82) is 0 Å². The average molecular weight is 529 g/mol. The third-order valence-corrected chi connectivity index (χ3v) is 6.93. The van der Waals surface area contributed by atoms with Crippen LogP contribution in [0.1, 0.15) is 38.8 Å². The summed E-state index contributed by atoms with van der Waals surface area (Å²) in [6, 6.07) is 11.0. The van der Waals surface area contributed by atoms with E-state index in [1.807, 2.05) is 20.8 Å². The summed E-state index contributed by atoms with van der Waals surface area (Å²) in [7, 11) is -3.78. The topological polar surface area (TPSA) is 86.8 Å². The molecule has 0 saturated carbocycles. The fourth-order valence-corrected chi connectivity index (χ4v) is 4.56. The van der Waals surface area contributed by atoms with Crippen molar-refractivity contribution >= 4 is 50.7 Å². The number of nitrogens with one attached hydrogen (secondary N) is 1. The number of aryl methyl sites for hydroxylation is 1. The third-order valence-electron chi connectivity index (χ3n) is 5.07. The fraction of sp³-hybridized carbons (Fsp3) is 0.417. The van der Waals surface area contributed by atoms with Crippen molar-refractivity contribution in [2.24, 2.45) is 0 Å². The van der Waals surface area contributed by atoms with Crippen molar-refractivity contribution in [3.63, 3.8) is 0 Å². The molecule has 0 aliphatic heterocycles. The van der Waals surface area contributed by atoms with E-state index in [9.17, 15) is 18.0 Å². The number of amides is 2. The van der Waals surface area contributed by atoms with E-state index in [1.165, 1.54) is 4.90 Å². The molecule has 0 saturated heterocycles. The Morgan fingerprint density at radius 2 is 1.68 bits per heavy atom. The van der Waals surface area contributed by atoms with Crippen LogP contribution in [-0.2, 0) is 26.2 Å². The maximum atomic E-state index is 13.5. The van der Waals surface area contributed by atoms with Crippen molar-refractivity contribution in [2.75, 3.05) is 17.1 Å². The van der Waals surface area contributed by atoms with Gasteiger partial charge in [0, 0.05) is 12.1 Å². The molecule has 1 N–H and O–H groups in total. The number of carbonyl (C=O) groups is 2. The van der Waals surface area contributed by atoms with Gasteiger partial charge in [0.1, 0.15) is 12.6 Å². The summed E-state index contributed by atoms with van der Waals surface area (Å²) in [5, 5.41) is 3.55. The summed E-state index contributed by atoms with van der Waals surface area (Å²) in [5.74, 6) is -0.890. The molecular weight excluding hydrogens is 497 g/mol. The molecule has 34 heavy (non-hydrogen) atoms. The number of hydrogen-bond donors (Lipinski definition) is 1. The zero-order chi connectivity index (χ0) is 25.8. The first kappa shape index (κ1) is 28.0. The van der Waals surface area contributed by atoms with Gasteiger partial charge in [0.05, 0.1) is 22.0 Å². The number of anilines is 1. The van der Waals surface area contributed by atoms with Crippen LogP contribution in [0.2, 0.25) is 10.0 Å². The number of para-hydroxylation sites is 1. The van der Waals surface area contributed by atoms with Crippen molar-refractivity contribution in [3.8, 4) is 0 Å². The lowest BCUT2D eigenvalue weighted by Gasteiger charge is -2.33. The van der Waals surface area contributed by atoms with Crippen LogP contribution in [0, 0.1) is 6.92 Å². The predicted octanol–water partition coefficient (Wildman–Crippen LogP) is 4.40. The van der Waals surface area contributed by atoms with Crippen LogP contribution in [0.15, 0.2) is 42.5 Å². The normalized spacial score (nSPS) is 12.7. The minimum Gasteiger partial charge on any atom is -0.350 e. The highest BCUT2D eigenvalue weighted by atomic mass is 35.5. The summed E-state index contributed by atoms with van der Waals surface area (Å²) in [5.41, 5.74) is 1.25. The second kappa shape index (κ2) is 11.0. The molecule has 186 valence electrons. The molecule has 2 aromatic rings. The van der Waals surface area contributed by atoms with Gasteiger partial charge >= 0.3 is 0 Å². The largest absolute Gasteiger partial charge is 0.350 e. The summed E-state index contributed by atoms with van der Waals surface area (Å²) >= 11 is 12.2. The van der Waals surface area contributed by atoms with Crippen LogP contribution in [0.3, 0.4) is 0 Å². The third kappa shape index (κ3) is 7.61. The quantitative estimate of drug-likeness (QED) is 0.551. The van der Waals surface area contributed by atoms with E-state index >= 15 is 0 Å². The maximum absolute atomic E-state index is 13.5. The van der Waals surface area contributed by atoms with Crippen molar-refractivity contribution in [3.05, 3.63) is 63.6 Å². The molecule has 0 aliphatic carbocycles. The average Bonchev–Trinajstić information content (AvgIpc) is 2.70. The molecule has 2 aromatic carbocycles. The molecule has 0 radical (unpaired) electrons. The highest BCUT2D eigenvalue weighted by molar-refractivity contribution is 7.92. The standard InChI is InChI=1S/C24H31Cl2N3O4S/c1-16-9-7-8-10-21(16)29(34(6,32)33)15-22(30)28(17(2)23(31)27-24(3,4)5)14-18-11-12-19(25)20(26)13-18/h7-13,17H,14-15H2,1-6H3,(H,27,31)/t17-/m0/s1. The number of halogens is 2. The molecule has 0 aliphatic rings. The Labute approximate surface area is 212 Å². The van der Waals surface area contributed by atoms with Crippen molar-refractivity contribution in [2.45, 2.75) is 52.7 Å². The lowest BCUT2D eigenvalue weighted by Crippen LogP contribution is -2.54. The van der Waals surface area contributed by atoms with Gasteiger partial charge in [0.2, 0.25) is 21.8 Å². The number of rotatable bonds is 8. The van der Waals surface area contributed by atoms with E-state index in [4.69, 9.17) is 23.2 Å². The molecule has 2 amide bonds. The van der Waals surface area contributed by atoms with Gasteiger partial charge in [0.15, 0.2) is 0 Å². The van der Waals surface area contributed by atoms with Gasteiger partial charge in [-0.2, -0.15) is 0 Å². The molecule has 1 atom stereocenters. The summed E-state index contributed by atoms with van der Waals surface area (Å²) < 4.78 is 26.3.